The van der Waals surface area contributed by atoms with Gasteiger partial charge >= 0.3 is 0 Å². The van der Waals surface area contributed by atoms with Gasteiger partial charge in [0.1, 0.15) is 42.7 Å². The SMILES string of the molecule is NCC[C@H](O)C(=O)N[C@@H]1C[C@H](N)C(O[C@H]2O[C@H](CNC(CO)CO)CCC2N)C(O)C1O[C@H]1OC(CO)C(O)[C@H](N)C1O. The van der Waals surface area contributed by atoms with Gasteiger partial charge in [0.15, 0.2) is 12.6 Å². The quantitative estimate of drug-likeness (QED) is 0.0851. The molecule has 3 rings (SSSR count). The highest BCUT2D eigenvalue weighted by Crippen LogP contribution is 2.31. The van der Waals surface area contributed by atoms with Crippen molar-refractivity contribution in [1.29, 1.82) is 0 Å². The lowest BCUT2D eigenvalue weighted by Crippen LogP contribution is -2.69. The van der Waals surface area contributed by atoms with Gasteiger partial charge in [-0.1, -0.05) is 0 Å². The topological polar surface area (TPSA) is 324 Å². The second-order valence-corrected chi connectivity index (χ2v) is 11.4. The molecule has 14 atom stereocenters. The standard InChI is InChI=1S/C25H50N6O12/c26-4-3-15(35)23(39)31-14-5-13(28)21(42-24-12(27)2-1-11(40-24)6-30-10(7-32)8-33)20(38)22(14)43-25-19(37)17(29)18(36)16(9-34)41-25/h10-22,24-25,30,32-38H,1-9,26-29H2,(H,31,39)/t11-,12?,13-,14+,15-,16?,17-,18?,19?,20?,21?,22?,24+,25+/m0/s1. The molecule has 2 aliphatic heterocycles. The summed E-state index contributed by atoms with van der Waals surface area (Å²) in [6.07, 6.45) is -11.6. The molecule has 2 heterocycles. The van der Waals surface area contributed by atoms with Crippen LogP contribution in [0.2, 0.25) is 0 Å². The number of nitrogens with two attached hydrogens (primary N) is 4. The first-order valence-electron chi connectivity index (χ1n) is 14.6. The van der Waals surface area contributed by atoms with E-state index in [9.17, 15) is 40.5 Å². The minimum Gasteiger partial charge on any atom is -0.395 e. The van der Waals surface area contributed by atoms with E-state index in [1.54, 1.807) is 0 Å². The van der Waals surface area contributed by atoms with Crippen LogP contribution in [-0.2, 0) is 23.7 Å². The molecule has 1 saturated carbocycles. The van der Waals surface area contributed by atoms with Crippen LogP contribution in [0.25, 0.3) is 0 Å². The van der Waals surface area contributed by atoms with Gasteiger partial charge in [0.25, 0.3) is 0 Å². The predicted octanol–water partition coefficient (Wildman–Crippen LogP) is -7.42. The van der Waals surface area contributed by atoms with Gasteiger partial charge in [0.05, 0.1) is 50.1 Å². The highest BCUT2D eigenvalue weighted by atomic mass is 16.7. The Morgan fingerprint density at radius 3 is 2.21 bits per heavy atom. The number of aliphatic hydroxyl groups is 7. The van der Waals surface area contributed by atoms with Gasteiger partial charge < -0.3 is 88.3 Å². The number of aliphatic hydroxyl groups excluding tert-OH is 7. The van der Waals surface area contributed by atoms with E-state index < -0.39 is 98.0 Å². The highest BCUT2D eigenvalue weighted by molar-refractivity contribution is 5.80. The highest BCUT2D eigenvalue weighted by Gasteiger charge is 2.51. The normalized spacial score (nSPS) is 41.3. The van der Waals surface area contributed by atoms with Crippen LogP contribution in [0.4, 0.5) is 0 Å². The van der Waals surface area contributed by atoms with Crippen LogP contribution in [0.5, 0.6) is 0 Å². The Hall–Kier alpha value is -1.17. The molecule has 43 heavy (non-hydrogen) atoms. The number of rotatable bonds is 14. The number of amides is 1. The van der Waals surface area contributed by atoms with E-state index in [0.717, 1.165) is 0 Å². The van der Waals surface area contributed by atoms with Crippen molar-refractivity contribution in [1.82, 2.24) is 10.6 Å². The predicted molar refractivity (Wildman–Crippen MR) is 148 cm³/mol. The Labute approximate surface area is 249 Å². The van der Waals surface area contributed by atoms with Crippen molar-refractivity contribution < 1.29 is 59.5 Å². The van der Waals surface area contributed by atoms with Gasteiger partial charge in [-0.2, -0.15) is 0 Å². The van der Waals surface area contributed by atoms with Crippen molar-refractivity contribution >= 4 is 5.91 Å². The molecule has 0 radical (unpaired) electrons. The molecule has 0 spiro atoms. The molecule has 17 N–H and O–H groups in total. The second-order valence-electron chi connectivity index (χ2n) is 11.4. The second kappa shape index (κ2) is 16.9. The number of hydrogen-bond acceptors (Lipinski definition) is 17. The van der Waals surface area contributed by atoms with E-state index in [1.165, 1.54) is 0 Å². The van der Waals surface area contributed by atoms with Crippen molar-refractivity contribution in [3.05, 3.63) is 0 Å². The van der Waals surface area contributed by atoms with Crippen molar-refractivity contribution in [3.8, 4) is 0 Å². The van der Waals surface area contributed by atoms with Crippen molar-refractivity contribution in [3.63, 3.8) is 0 Å². The fourth-order valence-corrected chi connectivity index (χ4v) is 5.48. The number of hydrogen-bond donors (Lipinski definition) is 13. The van der Waals surface area contributed by atoms with E-state index in [-0.39, 0.29) is 45.2 Å². The molecule has 1 aliphatic carbocycles. The summed E-state index contributed by atoms with van der Waals surface area (Å²) in [5.74, 6) is -0.787. The summed E-state index contributed by atoms with van der Waals surface area (Å²) < 4.78 is 23.6. The van der Waals surface area contributed by atoms with E-state index in [1.807, 2.05) is 0 Å². The molecule has 0 bridgehead atoms. The minimum atomic E-state index is -1.58. The summed E-state index contributed by atoms with van der Waals surface area (Å²) in [6.45, 7) is -0.841. The first-order valence-corrected chi connectivity index (χ1v) is 14.6. The first kappa shape index (κ1) is 36.3. The van der Waals surface area contributed by atoms with Crippen LogP contribution in [0.1, 0.15) is 25.7 Å². The lowest BCUT2D eigenvalue weighted by molar-refractivity contribution is -0.314. The Kier molecular flexibility index (Phi) is 14.3. The summed E-state index contributed by atoms with van der Waals surface area (Å²) in [7, 11) is 0. The number of carbonyl (C=O) groups excluding carboxylic acids is 1. The molecule has 3 fully saturated rings. The smallest absolute Gasteiger partial charge is 0.249 e. The van der Waals surface area contributed by atoms with Crippen molar-refractivity contribution in [2.75, 3.05) is 32.9 Å². The summed E-state index contributed by atoms with van der Waals surface area (Å²) in [6, 6.07) is -4.28. The first-order chi connectivity index (χ1) is 20.4. The molecular weight excluding hydrogens is 576 g/mol. The lowest BCUT2D eigenvalue weighted by atomic mass is 9.83. The average molecular weight is 627 g/mol. The molecule has 7 unspecified atom stereocenters. The molecular formula is C25H50N6O12. The molecule has 0 aromatic rings. The molecule has 0 aromatic heterocycles. The zero-order chi connectivity index (χ0) is 31.8. The third-order valence-electron chi connectivity index (χ3n) is 8.18. The van der Waals surface area contributed by atoms with Crippen LogP contribution in [0.3, 0.4) is 0 Å². The maximum atomic E-state index is 12.7. The molecule has 18 heteroatoms. The van der Waals surface area contributed by atoms with Crippen LogP contribution in [0, 0.1) is 0 Å². The number of ether oxygens (including phenoxy) is 4. The van der Waals surface area contributed by atoms with E-state index in [0.29, 0.717) is 12.8 Å². The van der Waals surface area contributed by atoms with Gasteiger partial charge in [-0.05, 0) is 32.2 Å². The Morgan fingerprint density at radius 2 is 1.58 bits per heavy atom. The molecule has 18 nitrogen and oxygen atoms in total. The Balaban J connectivity index is 1.78. The fourth-order valence-electron chi connectivity index (χ4n) is 5.48. The molecule has 1 amide bonds. The third-order valence-corrected chi connectivity index (χ3v) is 8.18. The Morgan fingerprint density at radius 1 is 0.907 bits per heavy atom. The monoisotopic (exact) mass is 626 g/mol. The van der Waals surface area contributed by atoms with Gasteiger partial charge in [-0.25, -0.2) is 0 Å². The largest absolute Gasteiger partial charge is 0.395 e. The summed E-state index contributed by atoms with van der Waals surface area (Å²) in [5, 5.41) is 76.3. The zero-order valence-electron chi connectivity index (χ0n) is 24.0. The van der Waals surface area contributed by atoms with Crippen molar-refractivity contribution in [2.45, 2.75) is 117 Å². The van der Waals surface area contributed by atoms with Crippen LogP contribution in [0.15, 0.2) is 0 Å². The van der Waals surface area contributed by atoms with E-state index in [4.69, 9.17) is 41.9 Å². The lowest BCUT2D eigenvalue weighted by Gasteiger charge is -2.48. The van der Waals surface area contributed by atoms with Crippen LogP contribution in [-0.4, -0.2) is 166 Å². The van der Waals surface area contributed by atoms with E-state index in [2.05, 4.69) is 10.6 Å². The fraction of sp³-hybridized carbons (Fsp3) is 0.960. The zero-order valence-corrected chi connectivity index (χ0v) is 24.0. The van der Waals surface area contributed by atoms with Crippen LogP contribution >= 0.6 is 0 Å². The third kappa shape index (κ3) is 9.19. The molecule has 0 aromatic carbocycles. The van der Waals surface area contributed by atoms with Gasteiger partial charge in [-0.3, -0.25) is 4.79 Å². The van der Waals surface area contributed by atoms with E-state index >= 15 is 0 Å². The minimum absolute atomic E-state index is 0.0178. The van der Waals surface area contributed by atoms with Crippen LogP contribution < -0.4 is 33.6 Å². The number of nitrogens with one attached hydrogen (secondary N) is 2. The molecule has 3 aliphatic rings. The maximum Gasteiger partial charge on any atom is 0.249 e. The van der Waals surface area contributed by atoms with Crippen molar-refractivity contribution in [2.24, 2.45) is 22.9 Å². The maximum absolute atomic E-state index is 12.7. The summed E-state index contributed by atoms with van der Waals surface area (Å²) in [5.41, 5.74) is 24.0. The van der Waals surface area contributed by atoms with Gasteiger partial charge in [0, 0.05) is 12.6 Å². The number of carbonyl (C=O) groups is 1. The average Bonchev–Trinajstić information content (AvgIpc) is 2.98. The summed E-state index contributed by atoms with van der Waals surface area (Å²) >= 11 is 0. The molecule has 2 saturated heterocycles. The molecule has 252 valence electrons. The van der Waals surface area contributed by atoms with Gasteiger partial charge in [-0.15, -0.1) is 0 Å². The van der Waals surface area contributed by atoms with Gasteiger partial charge in [0.2, 0.25) is 5.91 Å². The Bertz CT molecular complexity index is 847. The summed E-state index contributed by atoms with van der Waals surface area (Å²) in [4.78, 5) is 12.7.